The van der Waals surface area contributed by atoms with Crippen molar-refractivity contribution in [2.75, 3.05) is 13.6 Å². The van der Waals surface area contributed by atoms with Crippen LogP contribution in [-0.4, -0.2) is 55.1 Å². The Morgan fingerprint density at radius 1 is 0.857 bits per heavy atom. The first kappa shape index (κ1) is 30.9. The van der Waals surface area contributed by atoms with Gasteiger partial charge >= 0.3 is 0 Å². The lowest BCUT2D eigenvalue weighted by atomic mass is 10.0. The second-order valence-electron chi connectivity index (χ2n) is 10.7. The van der Waals surface area contributed by atoms with Gasteiger partial charge in [-0.05, 0) is 59.9 Å². The third-order valence-electron chi connectivity index (χ3n) is 7.66. The van der Waals surface area contributed by atoms with Crippen molar-refractivity contribution in [2.24, 2.45) is 0 Å². The van der Waals surface area contributed by atoms with Gasteiger partial charge in [-0.25, -0.2) is 8.42 Å². The Kier molecular flexibility index (Phi) is 10.1. The van der Waals surface area contributed by atoms with Gasteiger partial charge in [-0.3, -0.25) is 9.59 Å². The Morgan fingerprint density at radius 3 is 2.19 bits per heavy atom. The number of hydrogen-bond acceptors (Lipinski definition) is 4. The van der Waals surface area contributed by atoms with E-state index >= 15 is 0 Å². The summed E-state index contributed by atoms with van der Waals surface area (Å²) < 4.78 is 28.3. The van der Waals surface area contributed by atoms with Crippen LogP contribution in [0.4, 0.5) is 0 Å². The van der Waals surface area contributed by atoms with E-state index in [9.17, 15) is 18.0 Å². The van der Waals surface area contributed by atoms with Crippen LogP contribution in [0.25, 0.3) is 10.8 Å². The molecule has 2 atom stereocenters. The van der Waals surface area contributed by atoms with E-state index in [-0.39, 0.29) is 23.4 Å². The van der Waals surface area contributed by atoms with Gasteiger partial charge < -0.3 is 10.2 Å². The van der Waals surface area contributed by atoms with Crippen LogP contribution in [0, 0.1) is 6.92 Å². The highest BCUT2D eigenvalue weighted by Crippen LogP contribution is 2.23. The van der Waals surface area contributed by atoms with Gasteiger partial charge in [0.25, 0.3) is 0 Å². The molecule has 0 fully saturated rings. The van der Waals surface area contributed by atoms with Crippen molar-refractivity contribution in [3.63, 3.8) is 0 Å². The van der Waals surface area contributed by atoms with Gasteiger partial charge in [0.2, 0.25) is 21.8 Å². The molecule has 4 aromatic rings. The molecule has 0 bridgehead atoms. The average molecular weight is 586 g/mol. The quantitative estimate of drug-likeness (QED) is 0.244. The first-order chi connectivity index (χ1) is 20.1. The fourth-order valence-corrected chi connectivity index (χ4v) is 6.00. The summed E-state index contributed by atoms with van der Waals surface area (Å²) in [4.78, 5) is 29.5. The first-order valence-electron chi connectivity index (χ1n) is 14.2. The van der Waals surface area contributed by atoms with Crippen molar-refractivity contribution in [3.8, 4) is 0 Å². The van der Waals surface area contributed by atoms with Crippen molar-refractivity contribution in [1.82, 2.24) is 14.5 Å². The zero-order valence-electron chi connectivity index (χ0n) is 24.7. The lowest BCUT2D eigenvalue weighted by Gasteiger charge is -2.33. The lowest BCUT2D eigenvalue weighted by molar-refractivity contribution is -0.141. The number of fused-ring (bicyclic) bond motifs is 1. The predicted octanol–water partition coefficient (Wildman–Crippen LogP) is 5.32. The van der Waals surface area contributed by atoms with Crippen LogP contribution in [0.15, 0.2) is 102 Å². The summed E-state index contributed by atoms with van der Waals surface area (Å²) in [5.74, 6) is -0.722. The van der Waals surface area contributed by atoms with Gasteiger partial charge in [-0.1, -0.05) is 91.9 Å². The van der Waals surface area contributed by atoms with Crippen molar-refractivity contribution >= 4 is 32.6 Å². The molecule has 2 amide bonds. The summed E-state index contributed by atoms with van der Waals surface area (Å²) in [5.41, 5.74) is 2.77. The lowest BCUT2D eigenvalue weighted by Crippen LogP contribution is -2.54. The number of rotatable bonds is 12. The van der Waals surface area contributed by atoms with E-state index in [1.165, 1.54) is 11.9 Å². The van der Waals surface area contributed by atoms with E-state index in [1.807, 2.05) is 99.6 Å². The van der Waals surface area contributed by atoms with Crippen molar-refractivity contribution in [2.45, 2.75) is 57.1 Å². The van der Waals surface area contributed by atoms with Crippen LogP contribution in [0.1, 0.15) is 37.0 Å². The second-order valence-corrected chi connectivity index (χ2v) is 12.8. The minimum Gasteiger partial charge on any atom is -0.352 e. The molecule has 0 radical (unpaired) electrons. The predicted molar refractivity (Wildman–Crippen MR) is 167 cm³/mol. The van der Waals surface area contributed by atoms with E-state index in [2.05, 4.69) is 5.32 Å². The minimum absolute atomic E-state index is 0.0814. The van der Waals surface area contributed by atoms with Crippen LogP contribution in [0.3, 0.4) is 0 Å². The van der Waals surface area contributed by atoms with Crippen molar-refractivity contribution in [3.05, 3.63) is 114 Å². The molecule has 0 aliphatic carbocycles. The molecule has 7 nitrogen and oxygen atoms in total. The van der Waals surface area contributed by atoms with Crippen LogP contribution in [0.2, 0.25) is 0 Å². The molecule has 220 valence electrons. The fraction of sp³-hybridized carbons (Fsp3) is 0.294. The molecule has 1 N–H and O–H groups in total. The molecule has 0 aliphatic rings. The van der Waals surface area contributed by atoms with Gasteiger partial charge in [0.15, 0.2) is 0 Å². The summed E-state index contributed by atoms with van der Waals surface area (Å²) in [6, 6.07) is 28.8. The molecule has 4 aromatic carbocycles. The van der Waals surface area contributed by atoms with E-state index < -0.39 is 28.5 Å². The maximum absolute atomic E-state index is 14.1. The van der Waals surface area contributed by atoms with Crippen LogP contribution < -0.4 is 5.32 Å². The molecule has 0 saturated heterocycles. The molecular weight excluding hydrogens is 546 g/mol. The molecule has 0 unspecified atom stereocenters. The Labute approximate surface area is 249 Å². The fourth-order valence-electron chi connectivity index (χ4n) is 4.84. The van der Waals surface area contributed by atoms with Crippen LogP contribution in [0.5, 0.6) is 0 Å². The monoisotopic (exact) mass is 585 g/mol. The topological polar surface area (TPSA) is 86.8 Å². The molecule has 8 heteroatoms. The molecule has 0 saturated carbocycles. The highest BCUT2D eigenvalue weighted by Gasteiger charge is 2.33. The van der Waals surface area contributed by atoms with Gasteiger partial charge in [-0.15, -0.1) is 0 Å². The SMILES string of the molecule is CC[C@@H](C)NC(=O)[C@H](Cc1ccccc1)N(Cc1ccccc1C)C(=O)CN(C)S(=O)(=O)c1ccc2ccccc2c1. The number of sulfonamides is 1. The van der Waals surface area contributed by atoms with Gasteiger partial charge in [0.1, 0.15) is 6.04 Å². The zero-order valence-corrected chi connectivity index (χ0v) is 25.5. The standard InChI is InChI=1S/C34H39N3O4S/c1-5-26(3)35-34(39)32(21-27-14-7-6-8-15-27)37(23-30-18-10-9-13-25(30)2)33(38)24-36(4)42(40,41)31-20-19-28-16-11-12-17-29(28)22-31/h6-20,22,26,32H,5,21,23-24H2,1-4H3,(H,35,39)/t26-,32+/m1/s1. The number of hydrogen-bond donors (Lipinski definition) is 1. The number of likely N-dealkylation sites (N-methyl/N-ethyl adjacent to an activating group) is 1. The maximum atomic E-state index is 14.1. The van der Waals surface area contributed by atoms with E-state index in [0.29, 0.717) is 6.42 Å². The molecule has 42 heavy (non-hydrogen) atoms. The maximum Gasteiger partial charge on any atom is 0.243 e. The Morgan fingerprint density at radius 2 is 1.50 bits per heavy atom. The average Bonchev–Trinajstić information content (AvgIpc) is 2.99. The molecule has 0 spiro atoms. The molecule has 0 aromatic heterocycles. The Bertz CT molecular complexity index is 1640. The summed E-state index contributed by atoms with van der Waals surface area (Å²) in [6.45, 7) is 5.62. The Balaban J connectivity index is 1.68. The van der Waals surface area contributed by atoms with Crippen LogP contribution >= 0.6 is 0 Å². The van der Waals surface area contributed by atoms with E-state index in [4.69, 9.17) is 0 Å². The van der Waals surface area contributed by atoms with E-state index in [1.54, 1.807) is 18.2 Å². The summed E-state index contributed by atoms with van der Waals surface area (Å²) >= 11 is 0. The third-order valence-corrected chi connectivity index (χ3v) is 9.46. The molecule has 0 heterocycles. The number of nitrogens with zero attached hydrogens (tertiary/aromatic N) is 2. The number of nitrogens with one attached hydrogen (secondary N) is 1. The zero-order chi connectivity index (χ0) is 30.3. The minimum atomic E-state index is -3.98. The van der Waals surface area contributed by atoms with E-state index in [0.717, 1.165) is 38.2 Å². The number of carbonyl (C=O) groups is 2. The Hall–Kier alpha value is -4.01. The summed E-state index contributed by atoms with van der Waals surface area (Å²) in [7, 11) is -2.58. The van der Waals surface area contributed by atoms with Gasteiger partial charge in [0, 0.05) is 26.1 Å². The van der Waals surface area contributed by atoms with Gasteiger partial charge in [-0.2, -0.15) is 4.31 Å². The van der Waals surface area contributed by atoms with Crippen molar-refractivity contribution < 1.29 is 18.0 Å². The number of aryl methyl sites for hydroxylation is 1. The molecule has 4 rings (SSSR count). The second kappa shape index (κ2) is 13.8. The van der Waals surface area contributed by atoms with Crippen molar-refractivity contribution in [1.29, 1.82) is 0 Å². The molecule has 0 aliphatic heterocycles. The first-order valence-corrected chi connectivity index (χ1v) is 15.7. The van der Waals surface area contributed by atoms with Crippen LogP contribution in [-0.2, 0) is 32.6 Å². The third kappa shape index (κ3) is 7.43. The smallest absolute Gasteiger partial charge is 0.243 e. The highest BCUT2D eigenvalue weighted by molar-refractivity contribution is 7.89. The number of carbonyl (C=O) groups excluding carboxylic acids is 2. The highest BCUT2D eigenvalue weighted by atomic mass is 32.2. The summed E-state index contributed by atoms with van der Waals surface area (Å²) in [6.07, 6.45) is 1.03. The molecular formula is C34H39N3O4S. The number of amides is 2. The number of benzene rings is 4. The largest absolute Gasteiger partial charge is 0.352 e. The van der Waals surface area contributed by atoms with Gasteiger partial charge in [0.05, 0.1) is 11.4 Å². The summed E-state index contributed by atoms with van der Waals surface area (Å²) in [5, 5.41) is 4.77. The normalized spacial score (nSPS) is 13.1.